The fraction of sp³-hybridized carbons (Fsp3) is 0.600. The van der Waals surface area contributed by atoms with E-state index in [1.165, 1.54) is 18.4 Å². The molecule has 2 nitrogen and oxygen atoms in total. The Kier molecular flexibility index (Phi) is 4.68. The molecule has 0 saturated carbocycles. The largest absolute Gasteiger partial charge is 0.490 e. The van der Waals surface area contributed by atoms with Crippen LogP contribution in [0, 0.1) is 5.92 Å². The van der Waals surface area contributed by atoms with Crippen molar-refractivity contribution in [3.8, 4) is 5.75 Å². The topological polar surface area (TPSA) is 21.3 Å². The zero-order chi connectivity index (χ0) is 13.1. The molecule has 0 fully saturated rings. The van der Waals surface area contributed by atoms with E-state index in [-0.39, 0.29) is 0 Å². The van der Waals surface area contributed by atoms with Gasteiger partial charge in [-0.25, -0.2) is 0 Å². The molecule has 1 aromatic rings. The number of nitrogens with one attached hydrogen (secondary N) is 1. The van der Waals surface area contributed by atoms with E-state index in [1.807, 2.05) is 7.05 Å². The van der Waals surface area contributed by atoms with Crippen LogP contribution in [0.3, 0.4) is 0 Å². The van der Waals surface area contributed by atoms with Gasteiger partial charge in [-0.2, -0.15) is 0 Å². The first kappa shape index (κ1) is 13.9. The quantitative estimate of drug-likeness (QED) is 0.895. The van der Waals surface area contributed by atoms with Crippen LogP contribution in [0.2, 0.25) is 0 Å². The van der Waals surface area contributed by atoms with Crippen molar-refractivity contribution in [2.24, 2.45) is 5.92 Å². The van der Waals surface area contributed by atoms with E-state index in [0.717, 1.165) is 16.6 Å². The minimum Gasteiger partial charge on any atom is -0.490 e. The SMILES string of the molecule is CCCC(C)C1CC(NC)c2cc(Br)ccc2O1. The molecule has 1 aliphatic heterocycles. The van der Waals surface area contributed by atoms with Gasteiger partial charge in [-0.05, 0) is 37.6 Å². The van der Waals surface area contributed by atoms with Gasteiger partial charge < -0.3 is 10.1 Å². The van der Waals surface area contributed by atoms with Gasteiger partial charge >= 0.3 is 0 Å². The predicted octanol–water partition coefficient (Wildman–Crippen LogP) is 4.30. The molecular formula is C15H22BrNO. The molecule has 1 N–H and O–H groups in total. The summed E-state index contributed by atoms with van der Waals surface area (Å²) in [6.45, 7) is 4.53. The second kappa shape index (κ2) is 6.07. The van der Waals surface area contributed by atoms with Crippen molar-refractivity contribution in [2.45, 2.75) is 45.3 Å². The molecule has 0 radical (unpaired) electrons. The summed E-state index contributed by atoms with van der Waals surface area (Å²) in [5.41, 5.74) is 1.27. The lowest BCUT2D eigenvalue weighted by atomic mass is 9.88. The van der Waals surface area contributed by atoms with Crippen LogP contribution in [0.1, 0.15) is 44.7 Å². The highest BCUT2D eigenvalue weighted by Crippen LogP contribution is 2.38. The van der Waals surface area contributed by atoms with Crippen LogP contribution in [-0.2, 0) is 0 Å². The number of fused-ring (bicyclic) bond motifs is 1. The molecule has 0 amide bonds. The highest BCUT2D eigenvalue weighted by molar-refractivity contribution is 9.10. The molecule has 1 aromatic carbocycles. The van der Waals surface area contributed by atoms with Crippen LogP contribution in [0.25, 0.3) is 0 Å². The zero-order valence-corrected chi connectivity index (χ0v) is 13.0. The molecule has 3 atom stereocenters. The van der Waals surface area contributed by atoms with E-state index in [9.17, 15) is 0 Å². The van der Waals surface area contributed by atoms with Gasteiger partial charge in [-0.3, -0.25) is 0 Å². The van der Waals surface area contributed by atoms with Gasteiger partial charge in [0.15, 0.2) is 0 Å². The summed E-state index contributed by atoms with van der Waals surface area (Å²) in [6.07, 6.45) is 3.84. The van der Waals surface area contributed by atoms with E-state index in [2.05, 4.69) is 53.3 Å². The number of rotatable bonds is 4. The molecule has 18 heavy (non-hydrogen) atoms. The highest BCUT2D eigenvalue weighted by Gasteiger charge is 2.30. The van der Waals surface area contributed by atoms with Crippen LogP contribution < -0.4 is 10.1 Å². The number of hydrogen-bond donors (Lipinski definition) is 1. The van der Waals surface area contributed by atoms with Gasteiger partial charge in [0, 0.05) is 22.5 Å². The molecule has 0 saturated heterocycles. The maximum atomic E-state index is 6.17. The first-order valence-corrected chi connectivity index (χ1v) is 7.58. The fourth-order valence-electron chi connectivity index (χ4n) is 2.73. The normalized spacial score (nSPS) is 24.2. The van der Waals surface area contributed by atoms with Crippen LogP contribution in [0.5, 0.6) is 5.75 Å². The van der Waals surface area contributed by atoms with Gasteiger partial charge in [0.1, 0.15) is 11.9 Å². The number of halogens is 1. The smallest absolute Gasteiger partial charge is 0.124 e. The monoisotopic (exact) mass is 311 g/mol. The lowest BCUT2D eigenvalue weighted by Crippen LogP contribution is -2.35. The molecule has 3 heteroatoms. The molecule has 0 aliphatic carbocycles. The first-order chi connectivity index (χ1) is 8.65. The van der Waals surface area contributed by atoms with E-state index < -0.39 is 0 Å². The van der Waals surface area contributed by atoms with E-state index >= 15 is 0 Å². The second-order valence-electron chi connectivity index (χ2n) is 5.18. The van der Waals surface area contributed by atoms with Crippen molar-refractivity contribution >= 4 is 15.9 Å². The summed E-state index contributed by atoms with van der Waals surface area (Å²) >= 11 is 3.53. The minimum atomic E-state index is 0.330. The summed E-state index contributed by atoms with van der Waals surface area (Å²) in [7, 11) is 2.03. The summed E-state index contributed by atoms with van der Waals surface area (Å²) in [5, 5.41) is 3.41. The third-order valence-electron chi connectivity index (χ3n) is 3.82. The van der Waals surface area contributed by atoms with Crippen LogP contribution in [0.4, 0.5) is 0 Å². The molecular weight excluding hydrogens is 290 g/mol. The van der Waals surface area contributed by atoms with Gasteiger partial charge in [0.05, 0.1) is 0 Å². The highest BCUT2D eigenvalue weighted by atomic mass is 79.9. The Bertz CT molecular complexity index is 407. The Balaban J connectivity index is 2.22. The Labute approximate surface area is 118 Å². The maximum Gasteiger partial charge on any atom is 0.124 e. The Morgan fingerprint density at radius 1 is 1.50 bits per heavy atom. The average molecular weight is 312 g/mol. The van der Waals surface area contributed by atoms with Crippen LogP contribution in [0.15, 0.2) is 22.7 Å². The first-order valence-electron chi connectivity index (χ1n) is 6.79. The summed E-state index contributed by atoms with van der Waals surface area (Å²) in [6, 6.07) is 6.69. The van der Waals surface area contributed by atoms with E-state index in [1.54, 1.807) is 0 Å². The summed E-state index contributed by atoms with van der Waals surface area (Å²) < 4.78 is 7.29. The van der Waals surface area contributed by atoms with Crippen LogP contribution >= 0.6 is 15.9 Å². The number of hydrogen-bond acceptors (Lipinski definition) is 2. The molecule has 0 aromatic heterocycles. The van der Waals surface area contributed by atoms with Gasteiger partial charge in [0.25, 0.3) is 0 Å². The molecule has 1 heterocycles. The second-order valence-corrected chi connectivity index (χ2v) is 6.10. The molecule has 0 spiro atoms. The standard InChI is InChI=1S/C15H22BrNO/c1-4-5-10(2)15-9-13(17-3)12-8-11(16)6-7-14(12)18-15/h6-8,10,13,15,17H,4-5,9H2,1-3H3. The van der Waals surface area contributed by atoms with Crippen molar-refractivity contribution in [3.05, 3.63) is 28.2 Å². The van der Waals surface area contributed by atoms with Crippen molar-refractivity contribution in [2.75, 3.05) is 7.05 Å². The molecule has 2 rings (SSSR count). The lowest BCUT2D eigenvalue weighted by Gasteiger charge is -2.35. The third kappa shape index (κ3) is 2.89. The van der Waals surface area contributed by atoms with Crippen molar-refractivity contribution < 1.29 is 4.74 Å². The predicted molar refractivity (Wildman–Crippen MR) is 79.0 cm³/mol. The number of benzene rings is 1. The average Bonchev–Trinajstić information content (AvgIpc) is 2.37. The fourth-order valence-corrected chi connectivity index (χ4v) is 3.11. The van der Waals surface area contributed by atoms with E-state index in [0.29, 0.717) is 18.1 Å². The zero-order valence-electron chi connectivity index (χ0n) is 11.4. The Hall–Kier alpha value is -0.540. The van der Waals surface area contributed by atoms with Crippen LogP contribution in [-0.4, -0.2) is 13.2 Å². The third-order valence-corrected chi connectivity index (χ3v) is 4.31. The maximum absolute atomic E-state index is 6.17. The Morgan fingerprint density at radius 2 is 2.28 bits per heavy atom. The summed E-state index contributed by atoms with van der Waals surface area (Å²) in [4.78, 5) is 0. The lowest BCUT2D eigenvalue weighted by molar-refractivity contribution is 0.0969. The number of ether oxygens (including phenoxy) is 1. The van der Waals surface area contributed by atoms with Gasteiger partial charge in [0.2, 0.25) is 0 Å². The Morgan fingerprint density at radius 3 is 2.94 bits per heavy atom. The summed E-state index contributed by atoms with van der Waals surface area (Å²) in [5.74, 6) is 1.65. The molecule has 100 valence electrons. The van der Waals surface area contributed by atoms with Gasteiger partial charge in [-0.15, -0.1) is 0 Å². The van der Waals surface area contributed by atoms with Crippen molar-refractivity contribution in [1.29, 1.82) is 0 Å². The molecule has 3 unspecified atom stereocenters. The molecule has 0 bridgehead atoms. The molecule has 1 aliphatic rings. The minimum absolute atomic E-state index is 0.330. The van der Waals surface area contributed by atoms with E-state index in [4.69, 9.17) is 4.74 Å². The van der Waals surface area contributed by atoms with Crippen molar-refractivity contribution in [3.63, 3.8) is 0 Å². The van der Waals surface area contributed by atoms with Gasteiger partial charge in [-0.1, -0.05) is 36.2 Å². The van der Waals surface area contributed by atoms with Crippen molar-refractivity contribution in [1.82, 2.24) is 5.32 Å².